The van der Waals surface area contributed by atoms with Gasteiger partial charge < -0.3 is 9.73 Å². The van der Waals surface area contributed by atoms with E-state index in [1.807, 2.05) is 13.0 Å². The molecular weight excluding hydrogens is 254 g/mol. The van der Waals surface area contributed by atoms with E-state index in [-0.39, 0.29) is 0 Å². The van der Waals surface area contributed by atoms with E-state index in [1.54, 1.807) is 18.0 Å². The Bertz CT molecular complexity index is 519. The molecule has 1 aromatic heterocycles. The molecule has 0 aliphatic heterocycles. The Morgan fingerprint density at radius 3 is 2.63 bits per heavy atom. The number of benzene rings is 1. The lowest BCUT2D eigenvalue weighted by molar-refractivity contribution is 0.527. The molecule has 0 aliphatic rings. The van der Waals surface area contributed by atoms with Crippen molar-refractivity contribution in [1.82, 2.24) is 5.32 Å². The van der Waals surface area contributed by atoms with Crippen molar-refractivity contribution in [2.24, 2.45) is 5.92 Å². The van der Waals surface area contributed by atoms with Crippen molar-refractivity contribution < 1.29 is 4.42 Å². The summed E-state index contributed by atoms with van der Waals surface area (Å²) in [5.41, 5.74) is 1.34. The average molecular weight is 275 g/mol. The van der Waals surface area contributed by atoms with Crippen molar-refractivity contribution >= 4 is 11.8 Å². The van der Waals surface area contributed by atoms with Gasteiger partial charge in [0.05, 0.1) is 11.2 Å². The minimum absolute atomic E-state index is 0.677. The van der Waals surface area contributed by atoms with Gasteiger partial charge in [-0.3, -0.25) is 0 Å². The molecule has 3 heteroatoms. The lowest BCUT2D eigenvalue weighted by atomic mass is 10.2. The highest BCUT2D eigenvalue weighted by molar-refractivity contribution is 7.99. The summed E-state index contributed by atoms with van der Waals surface area (Å²) >= 11 is 1.77. The van der Waals surface area contributed by atoms with Gasteiger partial charge in [-0.15, -0.1) is 0 Å². The van der Waals surface area contributed by atoms with Crippen LogP contribution in [-0.4, -0.2) is 6.54 Å². The normalized spacial score (nSPS) is 11.2. The molecule has 2 aromatic rings. The average Bonchev–Trinajstić information content (AvgIpc) is 2.77. The maximum absolute atomic E-state index is 5.35. The number of aryl methyl sites for hydroxylation is 1. The van der Waals surface area contributed by atoms with Crippen LogP contribution in [0.3, 0.4) is 0 Å². The van der Waals surface area contributed by atoms with Gasteiger partial charge in [0.25, 0.3) is 0 Å². The molecule has 0 aliphatic carbocycles. The second kappa shape index (κ2) is 6.83. The van der Waals surface area contributed by atoms with Gasteiger partial charge >= 0.3 is 0 Å². The maximum atomic E-state index is 5.35. The smallest absolute Gasteiger partial charge is 0.114 e. The molecule has 0 amide bonds. The zero-order chi connectivity index (χ0) is 13.7. The number of hydrogen-bond acceptors (Lipinski definition) is 3. The van der Waals surface area contributed by atoms with Crippen LogP contribution in [0.2, 0.25) is 0 Å². The predicted octanol–water partition coefficient (Wildman–Crippen LogP) is 4.48. The molecule has 0 bridgehead atoms. The quantitative estimate of drug-likeness (QED) is 0.841. The Morgan fingerprint density at radius 2 is 1.95 bits per heavy atom. The van der Waals surface area contributed by atoms with E-state index in [2.05, 4.69) is 43.4 Å². The van der Waals surface area contributed by atoms with Crippen LogP contribution in [0.5, 0.6) is 0 Å². The van der Waals surface area contributed by atoms with Crippen molar-refractivity contribution in [3.63, 3.8) is 0 Å². The fourth-order valence-electron chi connectivity index (χ4n) is 1.84. The third-order valence-electron chi connectivity index (χ3n) is 2.87. The topological polar surface area (TPSA) is 25.2 Å². The first kappa shape index (κ1) is 14.2. The maximum Gasteiger partial charge on any atom is 0.114 e. The molecule has 0 atom stereocenters. The fourth-order valence-corrected chi connectivity index (χ4v) is 2.81. The van der Waals surface area contributed by atoms with E-state index >= 15 is 0 Å². The monoisotopic (exact) mass is 275 g/mol. The third-order valence-corrected chi connectivity index (χ3v) is 4.13. The largest absolute Gasteiger partial charge is 0.468 e. The summed E-state index contributed by atoms with van der Waals surface area (Å²) in [7, 11) is 0. The van der Waals surface area contributed by atoms with E-state index in [9.17, 15) is 0 Å². The molecule has 102 valence electrons. The highest BCUT2D eigenvalue weighted by Crippen LogP contribution is 2.33. The van der Waals surface area contributed by atoms with Crippen LogP contribution >= 0.6 is 11.8 Å². The summed E-state index contributed by atoms with van der Waals surface area (Å²) in [5, 5.41) is 3.50. The number of furan rings is 1. The van der Waals surface area contributed by atoms with Crippen molar-refractivity contribution in [3.05, 3.63) is 47.9 Å². The summed E-state index contributed by atoms with van der Waals surface area (Å²) in [5.74, 6) is 1.66. The van der Waals surface area contributed by atoms with Crippen LogP contribution in [0.25, 0.3) is 0 Å². The Kier molecular flexibility index (Phi) is 5.11. The zero-order valence-electron chi connectivity index (χ0n) is 11.8. The molecule has 0 saturated heterocycles. The number of nitrogens with one attached hydrogen (secondary N) is 1. The molecule has 0 radical (unpaired) electrons. The summed E-state index contributed by atoms with van der Waals surface area (Å²) < 4.78 is 5.35. The summed E-state index contributed by atoms with van der Waals surface area (Å²) in [6.07, 6.45) is 1.75. The molecule has 0 fully saturated rings. The lowest BCUT2D eigenvalue weighted by Gasteiger charge is -2.11. The fraction of sp³-hybridized carbons (Fsp3) is 0.375. The predicted molar refractivity (Wildman–Crippen MR) is 80.6 cm³/mol. The number of rotatable bonds is 6. The highest BCUT2D eigenvalue weighted by Gasteiger charge is 2.07. The summed E-state index contributed by atoms with van der Waals surface area (Å²) in [6.45, 7) is 8.41. The Labute approximate surface area is 119 Å². The van der Waals surface area contributed by atoms with Gasteiger partial charge in [-0.2, -0.15) is 0 Å². The van der Waals surface area contributed by atoms with Crippen molar-refractivity contribution in [2.45, 2.75) is 37.1 Å². The van der Waals surface area contributed by atoms with Gasteiger partial charge in [0.15, 0.2) is 0 Å². The summed E-state index contributed by atoms with van der Waals surface area (Å²) in [6, 6.07) is 10.6. The third kappa shape index (κ3) is 4.15. The molecule has 19 heavy (non-hydrogen) atoms. The minimum atomic E-state index is 0.677. The molecule has 0 unspecified atom stereocenters. The first-order chi connectivity index (χ1) is 9.16. The van der Waals surface area contributed by atoms with Gasteiger partial charge in [0.2, 0.25) is 0 Å². The summed E-state index contributed by atoms with van der Waals surface area (Å²) in [4.78, 5) is 2.49. The van der Waals surface area contributed by atoms with Gasteiger partial charge in [-0.25, -0.2) is 0 Å². The molecule has 0 saturated carbocycles. The van der Waals surface area contributed by atoms with Crippen LogP contribution < -0.4 is 5.32 Å². The number of hydrogen-bond donors (Lipinski definition) is 1. The van der Waals surface area contributed by atoms with Crippen molar-refractivity contribution in [2.75, 3.05) is 6.54 Å². The highest BCUT2D eigenvalue weighted by atomic mass is 32.2. The molecule has 0 spiro atoms. The Morgan fingerprint density at radius 1 is 1.16 bits per heavy atom. The van der Waals surface area contributed by atoms with Crippen molar-refractivity contribution in [3.8, 4) is 0 Å². The van der Waals surface area contributed by atoms with E-state index < -0.39 is 0 Å². The van der Waals surface area contributed by atoms with Crippen molar-refractivity contribution in [1.29, 1.82) is 0 Å². The minimum Gasteiger partial charge on any atom is -0.468 e. The first-order valence-electron chi connectivity index (χ1n) is 6.67. The van der Waals surface area contributed by atoms with Crippen LogP contribution in [-0.2, 0) is 6.54 Å². The standard InChI is InChI=1S/C16H21NOS/c1-12(2)10-17-11-14-6-4-5-7-16(14)19-15-8-9-18-13(15)3/h4-9,12,17H,10-11H2,1-3H3. The SMILES string of the molecule is Cc1occc1Sc1ccccc1CNCC(C)C. The molecular formula is C16H21NOS. The van der Waals surface area contributed by atoms with E-state index in [1.165, 1.54) is 15.4 Å². The Hall–Kier alpha value is -1.19. The van der Waals surface area contributed by atoms with E-state index in [4.69, 9.17) is 4.42 Å². The van der Waals surface area contributed by atoms with E-state index in [0.717, 1.165) is 18.8 Å². The second-order valence-corrected chi connectivity index (χ2v) is 6.16. The lowest BCUT2D eigenvalue weighted by Crippen LogP contribution is -2.19. The van der Waals surface area contributed by atoms with Gasteiger partial charge in [-0.05, 0) is 37.1 Å². The molecule has 2 nitrogen and oxygen atoms in total. The van der Waals surface area contributed by atoms with Crippen LogP contribution in [0.1, 0.15) is 25.2 Å². The first-order valence-corrected chi connectivity index (χ1v) is 7.49. The van der Waals surface area contributed by atoms with Crippen LogP contribution in [0.15, 0.2) is 50.8 Å². The second-order valence-electron chi connectivity index (χ2n) is 5.08. The van der Waals surface area contributed by atoms with Gasteiger partial charge in [0, 0.05) is 11.4 Å². The van der Waals surface area contributed by atoms with Crippen LogP contribution in [0, 0.1) is 12.8 Å². The molecule has 1 N–H and O–H groups in total. The Balaban J connectivity index is 2.06. The molecule has 1 aromatic carbocycles. The zero-order valence-corrected chi connectivity index (χ0v) is 12.6. The van der Waals surface area contributed by atoms with Crippen LogP contribution in [0.4, 0.5) is 0 Å². The van der Waals surface area contributed by atoms with E-state index in [0.29, 0.717) is 5.92 Å². The molecule has 2 rings (SSSR count). The molecule has 1 heterocycles. The van der Waals surface area contributed by atoms with Gasteiger partial charge in [0.1, 0.15) is 5.76 Å². The van der Waals surface area contributed by atoms with Gasteiger partial charge in [-0.1, -0.05) is 43.8 Å².